The number of rotatable bonds is 2. The largest absolute Gasteiger partial charge is 0.391 e. The molecule has 2 rings (SSSR count). The molecule has 1 aliphatic rings. The van der Waals surface area contributed by atoms with Crippen LogP contribution in [0, 0.1) is 0 Å². The van der Waals surface area contributed by atoms with Crippen LogP contribution >= 0.6 is 0 Å². The lowest BCUT2D eigenvalue weighted by molar-refractivity contribution is -0.114. The Morgan fingerprint density at radius 1 is 1.44 bits per heavy atom. The van der Waals surface area contributed by atoms with E-state index in [0.717, 1.165) is 0 Å². The molecule has 1 atom stereocenters. The molecule has 2 N–H and O–H groups in total. The van der Waals surface area contributed by atoms with Gasteiger partial charge in [0.05, 0.1) is 6.10 Å². The molecule has 18 heavy (non-hydrogen) atoms. The first-order valence-electron chi connectivity index (χ1n) is 5.91. The Balaban J connectivity index is 2.12. The molecule has 1 fully saturated rings. The van der Waals surface area contributed by atoms with Crippen LogP contribution in [0.2, 0.25) is 0 Å². The first-order valence-corrected chi connectivity index (χ1v) is 5.91. The van der Waals surface area contributed by atoms with Crippen molar-refractivity contribution >= 4 is 17.5 Å². The number of aliphatic hydroxyl groups is 1. The van der Waals surface area contributed by atoms with Crippen LogP contribution in [0.5, 0.6) is 0 Å². The summed E-state index contributed by atoms with van der Waals surface area (Å²) in [6.07, 6.45) is 0.199. The van der Waals surface area contributed by atoms with E-state index in [9.17, 15) is 14.7 Å². The van der Waals surface area contributed by atoms with Crippen molar-refractivity contribution in [1.29, 1.82) is 0 Å². The summed E-state index contributed by atoms with van der Waals surface area (Å²) in [4.78, 5) is 24.7. The zero-order valence-corrected chi connectivity index (χ0v) is 10.2. The van der Waals surface area contributed by atoms with Gasteiger partial charge in [0.1, 0.15) is 0 Å². The molecule has 0 saturated carbocycles. The zero-order chi connectivity index (χ0) is 13.1. The number of carbonyl (C=O) groups excluding carboxylic acids is 2. The second kappa shape index (κ2) is 5.18. The summed E-state index contributed by atoms with van der Waals surface area (Å²) in [5.74, 6) is -0.282. The number of hydrogen-bond donors (Lipinski definition) is 2. The monoisotopic (exact) mass is 248 g/mol. The van der Waals surface area contributed by atoms with E-state index in [1.165, 1.54) is 6.92 Å². The summed E-state index contributed by atoms with van der Waals surface area (Å²) in [5.41, 5.74) is 1.13. The lowest BCUT2D eigenvalue weighted by Crippen LogP contribution is -2.29. The van der Waals surface area contributed by atoms with Crippen molar-refractivity contribution < 1.29 is 14.7 Å². The molecule has 0 radical (unpaired) electrons. The molecule has 1 saturated heterocycles. The number of carbonyl (C=O) groups is 2. The molecule has 2 amide bonds. The Hall–Kier alpha value is -1.88. The van der Waals surface area contributed by atoms with E-state index in [4.69, 9.17) is 0 Å². The first kappa shape index (κ1) is 12.6. The van der Waals surface area contributed by atoms with Gasteiger partial charge in [-0.05, 0) is 24.6 Å². The van der Waals surface area contributed by atoms with Crippen LogP contribution < -0.4 is 5.32 Å². The Morgan fingerprint density at radius 3 is 2.83 bits per heavy atom. The van der Waals surface area contributed by atoms with E-state index in [1.54, 1.807) is 29.2 Å². The number of nitrogens with zero attached hydrogens (tertiary/aromatic N) is 1. The van der Waals surface area contributed by atoms with Crippen molar-refractivity contribution in [3.63, 3.8) is 0 Å². The standard InChI is InChI=1S/C13H16N2O3/c1-9(16)14-11-4-2-3-10(7-11)13(18)15-6-5-12(17)8-15/h2-4,7,12,17H,5-6,8H2,1H3,(H,14,16)/t12-/m0/s1. The molecule has 0 aromatic heterocycles. The van der Waals surface area contributed by atoms with Gasteiger partial charge >= 0.3 is 0 Å². The molecule has 5 heteroatoms. The van der Waals surface area contributed by atoms with Gasteiger partial charge in [-0.1, -0.05) is 6.07 Å². The number of hydrogen-bond acceptors (Lipinski definition) is 3. The molecule has 5 nitrogen and oxygen atoms in total. The van der Waals surface area contributed by atoms with Gasteiger partial charge < -0.3 is 15.3 Å². The van der Waals surface area contributed by atoms with Crippen LogP contribution in [0.25, 0.3) is 0 Å². The second-order valence-corrected chi connectivity index (χ2v) is 4.46. The number of aliphatic hydroxyl groups excluding tert-OH is 1. The highest BCUT2D eigenvalue weighted by molar-refractivity contribution is 5.96. The molecule has 0 bridgehead atoms. The molecule has 1 heterocycles. The third-order valence-corrected chi connectivity index (χ3v) is 2.88. The zero-order valence-electron chi connectivity index (χ0n) is 10.2. The van der Waals surface area contributed by atoms with Crippen LogP contribution in [-0.2, 0) is 4.79 Å². The van der Waals surface area contributed by atoms with Crippen LogP contribution in [0.15, 0.2) is 24.3 Å². The van der Waals surface area contributed by atoms with E-state index in [2.05, 4.69) is 5.32 Å². The number of β-amino-alcohol motifs (C(OH)–C–C–N with tert-alkyl or cyclic N) is 1. The predicted molar refractivity (Wildman–Crippen MR) is 67.3 cm³/mol. The van der Waals surface area contributed by atoms with Crippen LogP contribution in [-0.4, -0.2) is 41.0 Å². The van der Waals surface area contributed by atoms with Gasteiger partial charge in [0.2, 0.25) is 5.91 Å². The first-order chi connectivity index (χ1) is 8.56. The maximum absolute atomic E-state index is 12.1. The molecule has 1 aliphatic heterocycles. The van der Waals surface area contributed by atoms with E-state index in [-0.39, 0.29) is 11.8 Å². The lowest BCUT2D eigenvalue weighted by atomic mass is 10.1. The third kappa shape index (κ3) is 2.87. The molecule has 0 spiro atoms. The Labute approximate surface area is 105 Å². The second-order valence-electron chi connectivity index (χ2n) is 4.46. The van der Waals surface area contributed by atoms with Gasteiger partial charge in [-0.15, -0.1) is 0 Å². The predicted octanol–water partition coefficient (Wildman–Crippen LogP) is 0.852. The summed E-state index contributed by atoms with van der Waals surface area (Å²) in [5, 5.41) is 12.1. The fourth-order valence-electron chi connectivity index (χ4n) is 2.04. The topological polar surface area (TPSA) is 69.6 Å². The van der Waals surface area contributed by atoms with E-state index in [0.29, 0.717) is 30.8 Å². The summed E-state index contributed by atoms with van der Waals surface area (Å²) in [6, 6.07) is 6.81. The number of amides is 2. The summed E-state index contributed by atoms with van der Waals surface area (Å²) < 4.78 is 0. The summed E-state index contributed by atoms with van der Waals surface area (Å²) in [7, 11) is 0. The molecule has 1 aromatic carbocycles. The average molecular weight is 248 g/mol. The maximum atomic E-state index is 12.1. The number of benzene rings is 1. The van der Waals surface area contributed by atoms with Crippen molar-refractivity contribution in [3.05, 3.63) is 29.8 Å². The Bertz CT molecular complexity index is 473. The van der Waals surface area contributed by atoms with Crippen molar-refractivity contribution in [2.45, 2.75) is 19.4 Å². The van der Waals surface area contributed by atoms with Crippen LogP contribution in [0.1, 0.15) is 23.7 Å². The van der Waals surface area contributed by atoms with Gasteiger partial charge in [-0.2, -0.15) is 0 Å². The van der Waals surface area contributed by atoms with E-state index in [1.807, 2.05) is 0 Å². The highest BCUT2D eigenvalue weighted by Gasteiger charge is 2.25. The fourth-order valence-corrected chi connectivity index (χ4v) is 2.04. The van der Waals surface area contributed by atoms with Gasteiger partial charge in [-0.3, -0.25) is 9.59 Å². The Morgan fingerprint density at radius 2 is 2.22 bits per heavy atom. The summed E-state index contributed by atoms with van der Waals surface area (Å²) >= 11 is 0. The minimum absolute atomic E-state index is 0.112. The number of likely N-dealkylation sites (tertiary alicyclic amines) is 1. The SMILES string of the molecule is CC(=O)Nc1cccc(C(=O)N2CC[C@H](O)C2)c1. The minimum atomic E-state index is -0.424. The van der Waals surface area contributed by atoms with E-state index >= 15 is 0 Å². The van der Waals surface area contributed by atoms with E-state index < -0.39 is 6.10 Å². The molecule has 0 aliphatic carbocycles. The van der Waals surface area contributed by atoms with Gasteiger partial charge in [0.25, 0.3) is 5.91 Å². The van der Waals surface area contributed by atoms with Gasteiger partial charge in [-0.25, -0.2) is 0 Å². The lowest BCUT2D eigenvalue weighted by Gasteiger charge is -2.16. The van der Waals surface area contributed by atoms with Crippen molar-refractivity contribution in [2.24, 2.45) is 0 Å². The third-order valence-electron chi connectivity index (χ3n) is 2.88. The highest BCUT2D eigenvalue weighted by atomic mass is 16.3. The van der Waals surface area contributed by atoms with Gasteiger partial charge in [0.15, 0.2) is 0 Å². The maximum Gasteiger partial charge on any atom is 0.254 e. The van der Waals surface area contributed by atoms with Crippen LogP contribution in [0.3, 0.4) is 0 Å². The Kier molecular flexibility index (Phi) is 3.62. The number of nitrogens with one attached hydrogen (secondary N) is 1. The van der Waals surface area contributed by atoms with Crippen molar-refractivity contribution in [1.82, 2.24) is 4.90 Å². The number of anilines is 1. The smallest absolute Gasteiger partial charge is 0.254 e. The van der Waals surface area contributed by atoms with Crippen LogP contribution in [0.4, 0.5) is 5.69 Å². The minimum Gasteiger partial charge on any atom is -0.391 e. The molecule has 96 valence electrons. The highest BCUT2D eigenvalue weighted by Crippen LogP contribution is 2.16. The molecule has 1 aromatic rings. The molecule has 0 unspecified atom stereocenters. The quantitative estimate of drug-likeness (QED) is 0.815. The average Bonchev–Trinajstić information content (AvgIpc) is 2.74. The summed E-state index contributed by atoms with van der Waals surface area (Å²) in [6.45, 7) is 2.37. The van der Waals surface area contributed by atoms with Gasteiger partial charge in [0, 0.05) is 31.3 Å². The molecular formula is C13H16N2O3. The van der Waals surface area contributed by atoms with Crippen molar-refractivity contribution in [3.8, 4) is 0 Å². The molecular weight excluding hydrogens is 232 g/mol. The van der Waals surface area contributed by atoms with Crippen molar-refractivity contribution in [2.75, 3.05) is 18.4 Å². The fraction of sp³-hybridized carbons (Fsp3) is 0.385. The normalized spacial score (nSPS) is 18.8.